The van der Waals surface area contributed by atoms with E-state index in [9.17, 15) is 8.42 Å². The first kappa shape index (κ1) is 15.2. The summed E-state index contributed by atoms with van der Waals surface area (Å²) in [6, 6.07) is 0.000164. The van der Waals surface area contributed by atoms with Gasteiger partial charge in [-0.25, -0.2) is 18.4 Å². The van der Waals surface area contributed by atoms with Crippen LogP contribution in [-0.4, -0.2) is 42.3 Å². The van der Waals surface area contributed by atoms with Gasteiger partial charge in [-0.15, -0.1) is 0 Å². The van der Waals surface area contributed by atoms with Gasteiger partial charge in [0.05, 0.1) is 12.4 Å². The van der Waals surface area contributed by atoms with E-state index in [1.54, 1.807) is 11.4 Å². The van der Waals surface area contributed by atoms with Crippen molar-refractivity contribution in [3.8, 4) is 0 Å². The maximum Gasteiger partial charge on any atom is 0.246 e. The van der Waals surface area contributed by atoms with Crippen LogP contribution in [0, 0.1) is 11.8 Å². The van der Waals surface area contributed by atoms with Crippen LogP contribution in [0.5, 0.6) is 0 Å². The van der Waals surface area contributed by atoms with Crippen molar-refractivity contribution in [3.63, 3.8) is 0 Å². The highest BCUT2D eigenvalue weighted by atomic mass is 32.2. The van der Waals surface area contributed by atoms with Gasteiger partial charge in [0.15, 0.2) is 0 Å². The Balaban J connectivity index is 2.32. The number of rotatable bonds is 3. The number of anilines is 1. The summed E-state index contributed by atoms with van der Waals surface area (Å²) in [7, 11) is -1.83. The summed E-state index contributed by atoms with van der Waals surface area (Å²) in [6.07, 6.45) is 3.79. The Morgan fingerprint density at radius 3 is 2.40 bits per heavy atom. The molecule has 1 N–H and O–H groups in total. The first-order valence-corrected chi connectivity index (χ1v) is 8.32. The second-order valence-corrected chi connectivity index (χ2v) is 7.52. The molecule has 1 saturated heterocycles. The quantitative estimate of drug-likeness (QED) is 0.917. The number of nitrogens with one attached hydrogen (secondary N) is 1. The van der Waals surface area contributed by atoms with Crippen molar-refractivity contribution in [3.05, 3.63) is 12.4 Å². The molecule has 3 unspecified atom stereocenters. The minimum Gasteiger partial charge on any atom is -0.357 e. The predicted octanol–water partition coefficient (Wildman–Crippen LogP) is 1.57. The van der Waals surface area contributed by atoms with Crippen LogP contribution in [0.15, 0.2) is 17.3 Å². The monoisotopic (exact) mass is 298 g/mol. The van der Waals surface area contributed by atoms with Crippen LogP contribution in [0.3, 0.4) is 0 Å². The molecule has 2 heterocycles. The van der Waals surface area contributed by atoms with Crippen molar-refractivity contribution < 1.29 is 8.42 Å². The summed E-state index contributed by atoms with van der Waals surface area (Å²) in [5, 5.41) is 2.78. The van der Waals surface area contributed by atoms with Crippen molar-refractivity contribution in [2.45, 2.75) is 38.1 Å². The molecule has 0 radical (unpaired) electrons. The minimum atomic E-state index is -3.52. The summed E-state index contributed by atoms with van der Waals surface area (Å²) in [6.45, 7) is 6.72. The zero-order chi connectivity index (χ0) is 14.9. The Kier molecular flexibility index (Phi) is 4.29. The Bertz CT molecular complexity index is 558. The number of aromatic nitrogens is 2. The molecule has 0 aromatic carbocycles. The van der Waals surface area contributed by atoms with E-state index < -0.39 is 10.0 Å². The van der Waals surface area contributed by atoms with Gasteiger partial charge in [0, 0.05) is 19.6 Å². The second-order valence-electron chi connectivity index (χ2n) is 5.63. The Hall–Kier alpha value is -1.21. The summed E-state index contributed by atoms with van der Waals surface area (Å²) in [5.74, 6) is 1.14. The SMILES string of the molecule is CNc1ncc(S(=O)(=O)N2CC(C)CC(C)C2C)cn1. The average molecular weight is 298 g/mol. The van der Waals surface area contributed by atoms with Gasteiger partial charge >= 0.3 is 0 Å². The molecule has 1 aromatic rings. The normalized spacial score (nSPS) is 28.3. The van der Waals surface area contributed by atoms with Crippen LogP contribution in [0.2, 0.25) is 0 Å². The van der Waals surface area contributed by atoms with E-state index in [0.29, 0.717) is 24.3 Å². The molecule has 0 saturated carbocycles. The zero-order valence-corrected chi connectivity index (χ0v) is 13.2. The molecule has 7 heteroatoms. The van der Waals surface area contributed by atoms with Gasteiger partial charge < -0.3 is 5.32 Å². The Morgan fingerprint density at radius 1 is 1.25 bits per heavy atom. The van der Waals surface area contributed by atoms with Gasteiger partial charge in [0.2, 0.25) is 16.0 Å². The molecule has 0 aliphatic carbocycles. The van der Waals surface area contributed by atoms with E-state index in [0.717, 1.165) is 6.42 Å². The topological polar surface area (TPSA) is 75.2 Å². The molecule has 112 valence electrons. The maximum absolute atomic E-state index is 12.7. The fraction of sp³-hybridized carbons (Fsp3) is 0.692. The van der Waals surface area contributed by atoms with Crippen molar-refractivity contribution in [2.24, 2.45) is 11.8 Å². The number of nitrogens with zero attached hydrogens (tertiary/aromatic N) is 3. The maximum atomic E-state index is 12.7. The lowest BCUT2D eigenvalue weighted by molar-refractivity contribution is 0.157. The molecule has 1 aliphatic heterocycles. The number of piperidine rings is 1. The van der Waals surface area contributed by atoms with Gasteiger partial charge in [-0.1, -0.05) is 13.8 Å². The van der Waals surface area contributed by atoms with E-state index in [-0.39, 0.29) is 10.9 Å². The zero-order valence-electron chi connectivity index (χ0n) is 12.4. The lowest BCUT2D eigenvalue weighted by Crippen LogP contribution is -2.48. The standard InChI is InChI=1S/C13H22N4O2S/c1-9-5-10(2)11(3)17(8-9)20(18,19)12-6-15-13(14-4)16-7-12/h6-7,9-11H,5,8H2,1-4H3,(H,14,15,16). The number of hydrogen-bond acceptors (Lipinski definition) is 5. The molecule has 0 bridgehead atoms. The van der Waals surface area contributed by atoms with Gasteiger partial charge in [-0.05, 0) is 25.2 Å². The molecule has 1 aromatic heterocycles. The molecule has 20 heavy (non-hydrogen) atoms. The fourth-order valence-electron chi connectivity index (χ4n) is 2.69. The van der Waals surface area contributed by atoms with Crippen LogP contribution in [-0.2, 0) is 10.0 Å². The first-order chi connectivity index (χ1) is 9.36. The van der Waals surface area contributed by atoms with E-state index in [1.165, 1.54) is 12.4 Å². The second kappa shape index (κ2) is 5.65. The van der Waals surface area contributed by atoms with E-state index in [1.807, 2.05) is 6.92 Å². The van der Waals surface area contributed by atoms with Crippen LogP contribution < -0.4 is 5.32 Å². The molecule has 0 amide bonds. The van der Waals surface area contributed by atoms with Gasteiger partial charge in [-0.2, -0.15) is 4.31 Å². The van der Waals surface area contributed by atoms with E-state index in [4.69, 9.17) is 0 Å². The van der Waals surface area contributed by atoms with Crippen LogP contribution in [0.4, 0.5) is 5.95 Å². The predicted molar refractivity (Wildman–Crippen MR) is 77.9 cm³/mol. The first-order valence-electron chi connectivity index (χ1n) is 6.88. The summed E-state index contributed by atoms with van der Waals surface area (Å²) in [5.41, 5.74) is 0. The molecule has 1 fully saturated rings. The Labute approximate surface area is 120 Å². The van der Waals surface area contributed by atoms with Crippen LogP contribution >= 0.6 is 0 Å². The highest BCUT2D eigenvalue weighted by Crippen LogP contribution is 2.31. The molecule has 6 nitrogen and oxygen atoms in total. The van der Waals surface area contributed by atoms with Crippen molar-refractivity contribution in [1.82, 2.24) is 14.3 Å². The average Bonchev–Trinajstić information content (AvgIpc) is 2.42. The summed E-state index contributed by atoms with van der Waals surface area (Å²) < 4.78 is 27.0. The van der Waals surface area contributed by atoms with Crippen LogP contribution in [0.25, 0.3) is 0 Å². The number of sulfonamides is 1. The molecule has 3 atom stereocenters. The highest BCUT2D eigenvalue weighted by molar-refractivity contribution is 7.89. The lowest BCUT2D eigenvalue weighted by Gasteiger charge is -2.39. The summed E-state index contributed by atoms with van der Waals surface area (Å²) in [4.78, 5) is 8.14. The third-order valence-corrected chi connectivity index (χ3v) is 5.91. The lowest BCUT2D eigenvalue weighted by atomic mass is 9.88. The van der Waals surface area contributed by atoms with Gasteiger partial charge in [0.1, 0.15) is 4.90 Å². The minimum absolute atomic E-state index is 0.000164. The van der Waals surface area contributed by atoms with Crippen molar-refractivity contribution >= 4 is 16.0 Å². The van der Waals surface area contributed by atoms with Crippen molar-refractivity contribution in [1.29, 1.82) is 0 Å². The van der Waals surface area contributed by atoms with E-state index >= 15 is 0 Å². The Morgan fingerprint density at radius 2 is 1.85 bits per heavy atom. The van der Waals surface area contributed by atoms with E-state index in [2.05, 4.69) is 29.1 Å². The highest BCUT2D eigenvalue weighted by Gasteiger charge is 2.37. The molecular weight excluding hydrogens is 276 g/mol. The van der Waals surface area contributed by atoms with Crippen LogP contribution in [0.1, 0.15) is 27.2 Å². The molecule has 2 rings (SSSR count). The smallest absolute Gasteiger partial charge is 0.246 e. The third-order valence-electron chi connectivity index (χ3n) is 4.00. The van der Waals surface area contributed by atoms with Gasteiger partial charge in [0.25, 0.3) is 0 Å². The molecule has 0 spiro atoms. The summed E-state index contributed by atoms with van der Waals surface area (Å²) >= 11 is 0. The van der Waals surface area contributed by atoms with Crippen molar-refractivity contribution in [2.75, 3.05) is 18.9 Å². The molecule has 1 aliphatic rings. The largest absolute Gasteiger partial charge is 0.357 e. The number of hydrogen-bond donors (Lipinski definition) is 1. The fourth-order valence-corrected chi connectivity index (χ4v) is 4.43. The van der Waals surface area contributed by atoms with Gasteiger partial charge in [-0.3, -0.25) is 0 Å². The molecular formula is C13H22N4O2S. The third kappa shape index (κ3) is 2.78.